The van der Waals surface area contributed by atoms with Crippen LogP contribution in [-0.2, 0) is 17.9 Å². The van der Waals surface area contributed by atoms with Crippen molar-refractivity contribution >= 4 is 17.5 Å². The quantitative estimate of drug-likeness (QED) is 0.537. The Morgan fingerprint density at radius 1 is 1.17 bits per heavy atom. The molecule has 5 nitrogen and oxygen atoms in total. The number of rotatable bonds is 5. The molecular formula is C24H24ClNO4. The number of hydrogen-bond acceptors (Lipinski definition) is 4. The lowest BCUT2D eigenvalue weighted by atomic mass is 10.0. The molecule has 1 amide bonds. The van der Waals surface area contributed by atoms with Gasteiger partial charge >= 0.3 is 0 Å². The van der Waals surface area contributed by atoms with Crippen LogP contribution in [0.5, 0.6) is 11.5 Å². The maximum atomic E-state index is 12.6. The minimum atomic E-state index is -0.0719. The standard InChI is InChI=1S/C24H24ClNO4/c1-16(2)24(27)26-8-10-29-23-19(14-26)11-18(17-5-3-6-20(25)12-17)13-22(23)30-15-21-7-4-9-28-21/h3-7,9,11-13,16H,8,10,14-15H2,1-2H3. The predicted octanol–water partition coefficient (Wildman–Crippen LogP) is 5.56. The second kappa shape index (κ2) is 8.84. The van der Waals surface area contributed by atoms with Crippen LogP contribution >= 0.6 is 11.6 Å². The van der Waals surface area contributed by atoms with Crippen molar-refractivity contribution in [2.24, 2.45) is 5.92 Å². The summed E-state index contributed by atoms with van der Waals surface area (Å²) < 4.78 is 17.5. The van der Waals surface area contributed by atoms with E-state index in [1.807, 2.05) is 67.3 Å². The Kier molecular flexibility index (Phi) is 6.00. The molecule has 0 saturated carbocycles. The molecule has 0 unspecified atom stereocenters. The highest BCUT2D eigenvalue weighted by Gasteiger charge is 2.25. The number of benzene rings is 2. The van der Waals surface area contributed by atoms with Gasteiger partial charge < -0.3 is 18.8 Å². The molecule has 2 heterocycles. The second-order valence-electron chi connectivity index (χ2n) is 7.60. The normalized spacial score (nSPS) is 13.5. The van der Waals surface area contributed by atoms with E-state index in [0.29, 0.717) is 36.2 Å². The minimum absolute atomic E-state index is 0.0719. The first-order valence-corrected chi connectivity index (χ1v) is 10.4. The van der Waals surface area contributed by atoms with Gasteiger partial charge in [0.1, 0.15) is 19.0 Å². The van der Waals surface area contributed by atoms with Gasteiger partial charge in [0.25, 0.3) is 0 Å². The van der Waals surface area contributed by atoms with Gasteiger partial charge in [0.05, 0.1) is 12.8 Å². The van der Waals surface area contributed by atoms with E-state index < -0.39 is 0 Å². The molecule has 156 valence electrons. The highest BCUT2D eigenvalue weighted by atomic mass is 35.5. The average molecular weight is 426 g/mol. The first-order chi connectivity index (χ1) is 14.5. The molecule has 0 N–H and O–H groups in total. The number of carbonyl (C=O) groups is 1. The van der Waals surface area contributed by atoms with Gasteiger partial charge in [0, 0.05) is 23.0 Å². The van der Waals surface area contributed by atoms with Crippen molar-refractivity contribution < 1.29 is 18.7 Å². The molecule has 1 aliphatic heterocycles. The van der Waals surface area contributed by atoms with Crippen LogP contribution in [0.15, 0.2) is 59.2 Å². The molecule has 0 radical (unpaired) electrons. The van der Waals surface area contributed by atoms with E-state index in [1.54, 1.807) is 6.26 Å². The third kappa shape index (κ3) is 4.46. The lowest BCUT2D eigenvalue weighted by Crippen LogP contribution is -2.35. The molecule has 4 rings (SSSR count). The van der Waals surface area contributed by atoms with Crippen molar-refractivity contribution in [2.75, 3.05) is 13.2 Å². The Morgan fingerprint density at radius 3 is 2.77 bits per heavy atom. The zero-order chi connectivity index (χ0) is 21.1. The van der Waals surface area contributed by atoms with Crippen molar-refractivity contribution in [2.45, 2.75) is 27.0 Å². The molecule has 0 spiro atoms. The fourth-order valence-electron chi connectivity index (χ4n) is 3.52. The molecule has 0 fully saturated rings. The third-order valence-corrected chi connectivity index (χ3v) is 5.25. The topological polar surface area (TPSA) is 51.9 Å². The number of furan rings is 1. The van der Waals surface area contributed by atoms with E-state index in [9.17, 15) is 4.79 Å². The van der Waals surface area contributed by atoms with Gasteiger partial charge in [-0.3, -0.25) is 4.79 Å². The van der Waals surface area contributed by atoms with E-state index >= 15 is 0 Å². The molecular weight excluding hydrogens is 402 g/mol. The van der Waals surface area contributed by atoms with Crippen LogP contribution in [0.4, 0.5) is 0 Å². The van der Waals surface area contributed by atoms with Crippen molar-refractivity contribution in [1.82, 2.24) is 4.90 Å². The molecule has 1 aromatic heterocycles. The smallest absolute Gasteiger partial charge is 0.225 e. The number of hydrogen-bond donors (Lipinski definition) is 0. The number of halogens is 1. The number of amides is 1. The largest absolute Gasteiger partial charge is 0.487 e. The first kappa shape index (κ1) is 20.4. The summed E-state index contributed by atoms with van der Waals surface area (Å²) in [5.74, 6) is 2.06. The Bertz CT molecular complexity index is 1030. The zero-order valence-corrected chi connectivity index (χ0v) is 17.8. The van der Waals surface area contributed by atoms with Gasteiger partial charge in [-0.2, -0.15) is 0 Å². The summed E-state index contributed by atoms with van der Waals surface area (Å²) in [5.41, 5.74) is 2.83. The summed E-state index contributed by atoms with van der Waals surface area (Å²) in [5, 5.41) is 0.661. The minimum Gasteiger partial charge on any atom is -0.487 e. The van der Waals surface area contributed by atoms with Gasteiger partial charge in [-0.05, 0) is 47.5 Å². The molecule has 0 bridgehead atoms. The molecule has 1 aliphatic rings. The number of nitrogens with zero attached hydrogens (tertiary/aromatic N) is 1. The van der Waals surface area contributed by atoms with E-state index in [2.05, 4.69) is 0 Å². The van der Waals surface area contributed by atoms with Gasteiger partial charge in [-0.1, -0.05) is 37.6 Å². The Morgan fingerprint density at radius 2 is 2.03 bits per heavy atom. The number of ether oxygens (including phenoxy) is 2. The van der Waals surface area contributed by atoms with Crippen LogP contribution in [0.3, 0.4) is 0 Å². The molecule has 6 heteroatoms. The third-order valence-electron chi connectivity index (χ3n) is 5.01. The van der Waals surface area contributed by atoms with E-state index in [4.69, 9.17) is 25.5 Å². The molecule has 3 aromatic rings. The van der Waals surface area contributed by atoms with Crippen LogP contribution in [-0.4, -0.2) is 24.0 Å². The Hall–Kier alpha value is -2.92. The summed E-state index contributed by atoms with van der Waals surface area (Å²) in [6, 6.07) is 15.4. The maximum Gasteiger partial charge on any atom is 0.225 e. The van der Waals surface area contributed by atoms with Crippen LogP contribution in [0, 0.1) is 5.92 Å². The summed E-state index contributed by atoms with van der Waals surface area (Å²) in [6.07, 6.45) is 1.62. The predicted molar refractivity (Wildman–Crippen MR) is 116 cm³/mol. The average Bonchev–Trinajstić information content (AvgIpc) is 3.16. The summed E-state index contributed by atoms with van der Waals surface area (Å²) in [7, 11) is 0. The van der Waals surface area contributed by atoms with Gasteiger partial charge in [-0.25, -0.2) is 0 Å². The monoisotopic (exact) mass is 425 g/mol. The van der Waals surface area contributed by atoms with Gasteiger partial charge in [0.2, 0.25) is 5.91 Å². The number of carbonyl (C=O) groups excluding carboxylic acids is 1. The van der Waals surface area contributed by atoms with Gasteiger partial charge in [-0.15, -0.1) is 0 Å². The van der Waals surface area contributed by atoms with Crippen LogP contribution in [0.1, 0.15) is 25.2 Å². The van der Waals surface area contributed by atoms with Crippen molar-refractivity contribution in [3.05, 3.63) is 71.1 Å². The summed E-state index contributed by atoms with van der Waals surface area (Å²) >= 11 is 6.21. The first-order valence-electron chi connectivity index (χ1n) is 10.0. The Labute approximate surface area is 181 Å². The van der Waals surface area contributed by atoms with Gasteiger partial charge in [0.15, 0.2) is 11.5 Å². The zero-order valence-electron chi connectivity index (χ0n) is 17.1. The molecule has 30 heavy (non-hydrogen) atoms. The highest BCUT2D eigenvalue weighted by Crippen LogP contribution is 2.39. The SMILES string of the molecule is CC(C)C(=O)N1CCOc2c(cc(-c3cccc(Cl)c3)cc2OCc2ccco2)C1. The Balaban J connectivity index is 1.74. The number of fused-ring (bicyclic) bond motifs is 1. The van der Waals surface area contributed by atoms with Crippen LogP contribution < -0.4 is 9.47 Å². The van der Waals surface area contributed by atoms with Crippen molar-refractivity contribution in [3.8, 4) is 22.6 Å². The molecule has 2 aromatic carbocycles. The van der Waals surface area contributed by atoms with E-state index in [-0.39, 0.29) is 18.4 Å². The molecule has 0 atom stereocenters. The van der Waals surface area contributed by atoms with Crippen molar-refractivity contribution in [1.29, 1.82) is 0 Å². The summed E-state index contributed by atoms with van der Waals surface area (Å²) in [6.45, 7) is 5.54. The van der Waals surface area contributed by atoms with Crippen molar-refractivity contribution in [3.63, 3.8) is 0 Å². The second-order valence-corrected chi connectivity index (χ2v) is 8.04. The fourth-order valence-corrected chi connectivity index (χ4v) is 3.71. The summed E-state index contributed by atoms with van der Waals surface area (Å²) in [4.78, 5) is 14.5. The van der Waals surface area contributed by atoms with Crippen LogP contribution in [0.2, 0.25) is 5.02 Å². The molecule has 0 aliphatic carbocycles. The fraction of sp³-hybridized carbons (Fsp3) is 0.292. The van der Waals surface area contributed by atoms with E-state index in [0.717, 1.165) is 22.5 Å². The van der Waals surface area contributed by atoms with E-state index in [1.165, 1.54) is 0 Å². The lowest BCUT2D eigenvalue weighted by molar-refractivity contribution is -0.135. The lowest BCUT2D eigenvalue weighted by Gasteiger charge is -2.22. The van der Waals surface area contributed by atoms with Crippen LogP contribution in [0.25, 0.3) is 11.1 Å². The highest BCUT2D eigenvalue weighted by molar-refractivity contribution is 6.30. The molecule has 0 saturated heterocycles. The maximum absolute atomic E-state index is 12.6.